The van der Waals surface area contributed by atoms with Crippen LogP contribution < -0.4 is 4.74 Å². The average molecular weight is 405 g/mol. The van der Waals surface area contributed by atoms with Gasteiger partial charge in [0, 0.05) is 0 Å². The molecule has 0 fully saturated rings. The highest BCUT2D eigenvalue weighted by atomic mass is 32.2. The minimum atomic E-state index is -6.74. The number of carbonyl (C=O) groups excluding carboxylic acids is 1. The number of halogens is 5. The van der Waals surface area contributed by atoms with Crippen LogP contribution in [0.2, 0.25) is 0 Å². The summed E-state index contributed by atoms with van der Waals surface area (Å²) in [5, 5.41) is -5.89. The zero-order chi connectivity index (χ0) is 20.6. The number of carbonyl (C=O) groups is 1. The minimum absolute atomic E-state index is 0.230. The third-order valence-corrected chi connectivity index (χ3v) is 3.56. The van der Waals surface area contributed by atoms with Crippen molar-refractivity contribution in [3.8, 4) is 5.75 Å². The van der Waals surface area contributed by atoms with Crippen LogP contribution in [0.3, 0.4) is 0 Å². The number of rotatable bonds is 5. The molecular formula is C14H14F5O6S-. The summed E-state index contributed by atoms with van der Waals surface area (Å²) in [4.78, 5) is 11.7. The van der Waals surface area contributed by atoms with E-state index < -0.39 is 44.8 Å². The van der Waals surface area contributed by atoms with Crippen molar-refractivity contribution < 1.29 is 49.2 Å². The van der Waals surface area contributed by atoms with E-state index in [1.54, 1.807) is 20.8 Å². The highest BCUT2D eigenvalue weighted by Gasteiger charge is 2.63. The molecule has 148 valence electrons. The molecule has 1 unspecified atom stereocenters. The van der Waals surface area contributed by atoms with Gasteiger partial charge in [-0.25, -0.2) is 13.2 Å². The lowest BCUT2D eigenvalue weighted by molar-refractivity contribution is -0.248. The molecule has 0 radical (unpaired) electrons. The van der Waals surface area contributed by atoms with Crippen molar-refractivity contribution in [2.24, 2.45) is 0 Å². The zero-order valence-corrected chi connectivity index (χ0v) is 14.5. The molecule has 0 saturated heterocycles. The van der Waals surface area contributed by atoms with Crippen molar-refractivity contribution in [1.29, 1.82) is 0 Å². The van der Waals surface area contributed by atoms with Crippen LogP contribution in [0.1, 0.15) is 31.1 Å². The van der Waals surface area contributed by atoms with Crippen LogP contribution in [-0.2, 0) is 14.9 Å². The van der Waals surface area contributed by atoms with Gasteiger partial charge in [-0.3, -0.25) is 0 Å². The number of esters is 1. The molecule has 6 nitrogen and oxygen atoms in total. The second-order valence-corrected chi connectivity index (χ2v) is 7.53. The molecule has 1 rings (SSSR count). The highest BCUT2D eigenvalue weighted by Crippen LogP contribution is 2.38. The normalized spacial score (nSPS) is 14.7. The molecule has 0 aliphatic carbocycles. The molecule has 0 amide bonds. The van der Waals surface area contributed by atoms with Crippen LogP contribution in [0.4, 0.5) is 22.0 Å². The van der Waals surface area contributed by atoms with Crippen molar-refractivity contribution in [2.45, 2.75) is 43.9 Å². The molecule has 0 bridgehead atoms. The summed E-state index contributed by atoms with van der Waals surface area (Å²) < 4.78 is 105. The Labute approximate surface area is 145 Å². The molecule has 0 saturated carbocycles. The van der Waals surface area contributed by atoms with Crippen LogP contribution in [0.5, 0.6) is 5.75 Å². The smallest absolute Gasteiger partial charge is 0.432 e. The molecule has 0 heterocycles. The predicted molar refractivity (Wildman–Crippen MR) is 76.7 cm³/mol. The van der Waals surface area contributed by atoms with Crippen molar-refractivity contribution >= 4 is 16.1 Å². The van der Waals surface area contributed by atoms with Crippen molar-refractivity contribution in [3.63, 3.8) is 0 Å². The lowest BCUT2D eigenvalue weighted by Gasteiger charge is -2.29. The van der Waals surface area contributed by atoms with Crippen LogP contribution in [0.25, 0.3) is 0 Å². The first-order chi connectivity index (χ1) is 11.4. The Morgan fingerprint density at radius 3 is 1.85 bits per heavy atom. The molecule has 26 heavy (non-hydrogen) atoms. The first-order valence-electron chi connectivity index (χ1n) is 6.85. The Balaban J connectivity index is 3.08. The number of benzene rings is 1. The Morgan fingerprint density at radius 2 is 1.50 bits per heavy atom. The highest BCUT2D eigenvalue weighted by molar-refractivity contribution is 7.86. The summed E-state index contributed by atoms with van der Waals surface area (Å²) in [7, 11) is -6.74. The van der Waals surface area contributed by atoms with Crippen molar-refractivity contribution in [3.05, 3.63) is 29.8 Å². The van der Waals surface area contributed by atoms with Gasteiger partial charge in [0.25, 0.3) is 6.10 Å². The molecule has 12 heteroatoms. The van der Waals surface area contributed by atoms with Crippen LogP contribution in [0.15, 0.2) is 24.3 Å². The fraction of sp³-hybridized carbons (Fsp3) is 0.500. The Morgan fingerprint density at radius 1 is 1.04 bits per heavy atom. The molecule has 0 aromatic heterocycles. The maximum Gasteiger partial charge on any atom is 0.432 e. The van der Waals surface area contributed by atoms with Gasteiger partial charge in [-0.15, -0.1) is 0 Å². The maximum atomic E-state index is 13.3. The largest absolute Gasteiger partial charge is 0.743 e. The first kappa shape index (κ1) is 22.1. The van der Waals surface area contributed by atoms with Gasteiger partial charge in [0.1, 0.15) is 11.4 Å². The molecule has 1 aromatic rings. The van der Waals surface area contributed by atoms with Gasteiger partial charge in [-0.05, 0) is 45.0 Å². The molecule has 0 N–H and O–H groups in total. The number of hydrogen-bond donors (Lipinski definition) is 0. The Hall–Kier alpha value is -1.95. The topological polar surface area (TPSA) is 92.7 Å². The quantitative estimate of drug-likeness (QED) is 0.425. The first-order valence-corrected chi connectivity index (χ1v) is 8.26. The van der Waals surface area contributed by atoms with E-state index in [9.17, 15) is 39.7 Å². The molecule has 0 spiro atoms. The van der Waals surface area contributed by atoms with E-state index in [0.717, 1.165) is 12.1 Å². The fourth-order valence-corrected chi connectivity index (χ4v) is 2.09. The SMILES string of the molecule is CC(C)(C)Oc1ccc(C(=O)OC(C(F)(F)F)C(F)(F)S(=O)(=O)[O-])cc1. The van der Waals surface area contributed by atoms with E-state index in [1.165, 1.54) is 12.1 Å². The Bertz CT molecular complexity index is 750. The summed E-state index contributed by atoms with van der Waals surface area (Å²) in [5.74, 6) is -1.66. The fourth-order valence-electron chi connectivity index (χ4n) is 1.64. The van der Waals surface area contributed by atoms with Gasteiger partial charge in [-0.1, -0.05) is 0 Å². The lowest BCUT2D eigenvalue weighted by Crippen LogP contribution is -2.52. The third kappa shape index (κ3) is 5.53. The predicted octanol–water partition coefficient (Wildman–Crippen LogP) is 3.09. The standard InChI is InChI=1S/C14H15F5O6S/c1-12(2,3)25-9-6-4-8(5-7-9)10(20)24-11(13(15,16)17)14(18,19)26(21,22)23/h4-7,11H,1-3H3,(H,21,22,23)/p-1. The van der Waals surface area contributed by atoms with E-state index in [4.69, 9.17) is 4.74 Å². The van der Waals surface area contributed by atoms with Crippen molar-refractivity contribution in [2.75, 3.05) is 0 Å². The van der Waals surface area contributed by atoms with Gasteiger partial charge in [0.05, 0.1) is 5.56 Å². The summed E-state index contributed by atoms with van der Waals surface area (Å²) in [6.45, 7) is 5.11. The number of hydrogen-bond acceptors (Lipinski definition) is 6. The second-order valence-electron chi connectivity index (χ2n) is 6.08. The van der Waals surface area contributed by atoms with Crippen LogP contribution in [0, 0.1) is 0 Å². The van der Waals surface area contributed by atoms with E-state index >= 15 is 0 Å². The molecule has 1 atom stereocenters. The van der Waals surface area contributed by atoms with E-state index in [1.807, 2.05) is 0 Å². The van der Waals surface area contributed by atoms with Crippen LogP contribution in [-0.4, -0.2) is 42.1 Å². The Kier molecular flexibility index (Phi) is 5.94. The van der Waals surface area contributed by atoms with E-state index in [0.29, 0.717) is 0 Å². The minimum Gasteiger partial charge on any atom is -0.743 e. The lowest BCUT2D eigenvalue weighted by atomic mass is 10.1. The number of ether oxygens (including phenoxy) is 2. The van der Waals surface area contributed by atoms with Crippen LogP contribution >= 0.6 is 0 Å². The van der Waals surface area contributed by atoms with Gasteiger partial charge in [-0.2, -0.15) is 22.0 Å². The number of alkyl halides is 5. The van der Waals surface area contributed by atoms with Gasteiger partial charge >= 0.3 is 17.4 Å². The maximum absolute atomic E-state index is 13.3. The summed E-state index contributed by atoms with van der Waals surface area (Å²) in [5.41, 5.74) is -1.20. The van der Waals surface area contributed by atoms with Gasteiger partial charge in [0.15, 0.2) is 10.1 Å². The molecule has 0 aliphatic heterocycles. The summed E-state index contributed by atoms with van der Waals surface area (Å²) in [6.07, 6.45) is -10.4. The monoisotopic (exact) mass is 405 g/mol. The van der Waals surface area contributed by atoms with Gasteiger partial charge < -0.3 is 14.0 Å². The summed E-state index contributed by atoms with van der Waals surface area (Å²) >= 11 is 0. The van der Waals surface area contributed by atoms with E-state index in [2.05, 4.69) is 4.74 Å². The summed E-state index contributed by atoms with van der Waals surface area (Å²) in [6, 6.07) is 4.21. The second kappa shape index (κ2) is 6.99. The molecule has 1 aromatic carbocycles. The zero-order valence-electron chi connectivity index (χ0n) is 13.6. The average Bonchev–Trinajstić information content (AvgIpc) is 2.40. The van der Waals surface area contributed by atoms with Crippen molar-refractivity contribution in [1.82, 2.24) is 0 Å². The molecular weight excluding hydrogens is 391 g/mol. The molecule has 0 aliphatic rings. The van der Waals surface area contributed by atoms with E-state index in [-0.39, 0.29) is 5.75 Å². The third-order valence-electron chi connectivity index (χ3n) is 2.67. The van der Waals surface area contributed by atoms with Gasteiger partial charge in [0.2, 0.25) is 0 Å².